The Hall–Kier alpha value is -1.80. The third-order valence-corrected chi connectivity index (χ3v) is 2.66. The minimum atomic E-state index is 0.0587. The number of rotatable bonds is 3. The van der Waals surface area contributed by atoms with Crippen molar-refractivity contribution < 1.29 is 4.74 Å². The van der Waals surface area contributed by atoms with Gasteiger partial charge in [-0.15, -0.1) is 0 Å². The molecule has 0 radical (unpaired) electrons. The molecule has 1 atom stereocenters. The van der Waals surface area contributed by atoms with Crippen LogP contribution in [0.4, 0.5) is 0 Å². The van der Waals surface area contributed by atoms with Gasteiger partial charge in [0, 0.05) is 6.04 Å². The summed E-state index contributed by atoms with van der Waals surface area (Å²) in [5, 5.41) is 0. The molecule has 0 heterocycles. The Kier molecular flexibility index (Phi) is 3.45. The number of hydrogen-bond acceptors (Lipinski definition) is 2. The van der Waals surface area contributed by atoms with Crippen molar-refractivity contribution >= 4 is 0 Å². The van der Waals surface area contributed by atoms with Gasteiger partial charge >= 0.3 is 0 Å². The van der Waals surface area contributed by atoms with Gasteiger partial charge in [-0.2, -0.15) is 0 Å². The molecule has 0 aromatic heterocycles. The van der Waals surface area contributed by atoms with Gasteiger partial charge in [-0.1, -0.05) is 29.8 Å². The van der Waals surface area contributed by atoms with Crippen LogP contribution in [0.2, 0.25) is 0 Å². The van der Waals surface area contributed by atoms with Gasteiger partial charge in [0.2, 0.25) is 0 Å². The van der Waals surface area contributed by atoms with Gasteiger partial charge in [0.25, 0.3) is 0 Å². The largest absolute Gasteiger partial charge is 0.457 e. The zero-order valence-electron chi connectivity index (χ0n) is 10.2. The van der Waals surface area contributed by atoms with E-state index in [0.29, 0.717) is 0 Å². The highest BCUT2D eigenvalue weighted by atomic mass is 16.5. The fraction of sp³-hybridized carbons (Fsp3) is 0.200. The van der Waals surface area contributed by atoms with E-state index < -0.39 is 0 Å². The summed E-state index contributed by atoms with van der Waals surface area (Å²) in [5.41, 5.74) is 8.13. The lowest BCUT2D eigenvalue weighted by molar-refractivity contribution is 0.482. The Morgan fingerprint density at radius 3 is 1.82 bits per heavy atom. The minimum absolute atomic E-state index is 0.0587. The summed E-state index contributed by atoms with van der Waals surface area (Å²) < 4.78 is 5.73. The van der Waals surface area contributed by atoms with E-state index in [4.69, 9.17) is 10.5 Å². The summed E-state index contributed by atoms with van der Waals surface area (Å²) in [6, 6.07) is 15.9. The Balaban J connectivity index is 2.11. The zero-order chi connectivity index (χ0) is 12.3. The molecule has 2 nitrogen and oxygen atoms in total. The zero-order valence-corrected chi connectivity index (χ0v) is 10.2. The molecule has 2 N–H and O–H groups in total. The van der Waals surface area contributed by atoms with Gasteiger partial charge in [0.15, 0.2) is 0 Å². The Morgan fingerprint density at radius 2 is 1.35 bits per heavy atom. The van der Waals surface area contributed by atoms with Crippen LogP contribution < -0.4 is 10.5 Å². The summed E-state index contributed by atoms with van der Waals surface area (Å²) in [7, 11) is 0. The van der Waals surface area contributed by atoms with E-state index >= 15 is 0 Å². The average molecular weight is 227 g/mol. The Labute approximate surface area is 102 Å². The second-order valence-corrected chi connectivity index (χ2v) is 4.27. The van der Waals surface area contributed by atoms with Crippen LogP contribution in [0.3, 0.4) is 0 Å². The van der Waals surface area contributed by atoms with Crippen molar-refractivity contribution in [1.82, 2.24) is 0 Å². The second-order valence-electron chi connectivity index (χ2n) is 4.27. The van der Waals surface area contributed by atoms with E-state index in [1.165, 1.54) is 5.56 Å². The van der Waals surface area contributed by atoms with Crippen LogP contribution in [0.25, 0.3) is 0 Å². The molecule has 0 fully saturated rings. The molecule has 0 spiro atoms. The molecule has 0 aliphatic carbocycles. The molecule has 2 heteroatoms. The first-order chi connectivity index (χ1) is 8.15. The molecule has 2 aromatic rings. The Bertz CT molecular complexity index is 471. The highest BCUT2D eigenvalue weighted by molar-refractivity contribution is 5.34. The van der Waals surface area contributed by atoms with Gasteiger partial charge in [-0.05, 0) is 43.7 Å². The number of ether oxygens (including phenoxy) is 1. The van der Waals surface area contributed by atoms with Gasteiger partial charge < -0.3 is 10.5 Å². The molecule has 2 rings (SSSR count). The van der Waals surface area contributed by atoms with Gasteiger partial charge in [0.05, 0.1) is 0 Å². The van der Waals surface area contributed by atoms with Crippen LogP contribution in [0, 0.1) is 6.92 Å². The fourth-order valence-electron chi connectivity index (χ4n) is 1.58. The van der Waals surface area contributed by atoms with Gasteiger partial charge in [-0.25, -0.2) is 0 Å². The maximum absolute atomic E-state index is 5.79. The predicted octanol–water partition coefficient (Wildman–Crippen LogP) is 3.81. The van der Waals surface area contributed by atoms with E-state index in [1.807, 2.05) is 55.5 Å². The number of benzene rings is 2. The van der Waals surface area contributed by atoms with Crippen LogP contribution in [-0.4, -0.2) is 0 Å². The lowest BCUT2D eigenvalue weighted by atomic mass is 10.1. The highest BCUT2D eigenvalue weighted by Crippen LogP contribution is 2.23. The molecular weight excluding hydrogens is 210 g/mol. The van der Waals surface area contributed by atoms with E-state index in [-0.39, 0.29) is 6.04 Å². The molecule has 88 valence electrons. The third-order valence-electron chi connectivity index (χ3n) is 2.66. The smallest absolute Gasteiger partial charge is 0.127 e. The molecule has 0 amide bonds. The molecule has 0 bridgehead atoms. The van der Waals surface area contributed by atoms with Gasteiger partial charge in [-0.3, -0.25) is 0 Å². The minimum Gasteiger partial charge on any atom is -0.457 e. The quantitative estimate of drug-likeness (QED) is 0.865. The number of aryl methyl sites for hydroxylation is 1. The predicted molar refractivity (Wildman–Crippen MR) is 70.3 cm³/mol. The van der Waals surface area contributed by atoms with Crippen LogP contribution in [0.15, 0.2) is 48.5 Å². The summed E-state index contributed by atoms with van der Waals surface area (Å²) >= 11 is 0. The highest BCUT2D eigenvalue weighted by Gasteiger charge is 2.00. The Morgan fingerprint density at radius 1 is 0.882 bits per heavy atom. The lowest BCUT2D eigenvalue weighted by Crippen LogP contribution is -2.04. The standard InChI is InChI=1S/C15H17NO/c1-11-3-7-14(8-4-11)17-15-9-5-13(6-10-15)12(2)16/h3-10,12H,16H2,1-2H3/t12-/m1/s1. The van der Waals surface area contributed by atoms with Crippen LogP contribution >= 0.6 is 0 Å². The maximum atomic E-state index is 5.79. The van der Waals surface area contributed by atoms with Crippen LogP contribution in [0.1, 0.15) is 24.1 Å². The summed E-state index contributed by atoms with van der Waals surface area (Å²) in [6.45, 7) is 4.02. The molecule has 0 saturated heterocycles. The maximum Gasteiger partial charge on any atom is 0.127 e. The first-order valence-corrected chi connectivity index (χ1v) is 5.75. The van der Waals surface area contributed by atoms with E-state index in [1.54, 1.807) is 0 Å². The van der Waals surface area contributed by atoms with Crippen molar-refractivity contribution in [2.75, 3.05) is 0 Å². The van der Waals surface area contributed by atoms with E-state index in [2.05, 4.69) is 6.92 Å². The second kappa shape index (κ2) is 5.02. The SMILES string of the molecule is Cc1ccc(Oc2ccc([C@@H](C)N)cc2)cc1. The number of nitrogens with two attached hydrogens (primary N) is 1. The van der Waals surface area contributed by atoms with Gasteiger partial charge in [0.1, 0.15) is 11.5 Å². The molecule has 0 unspecified atom stereocenters. The fourth-order valence-corrected chi connectivity index (χ4v) is 1.58. The summed E-state index contributed by atoms with van der Waals surface area (Å²) in [6.07, 6.45) is 0. The lowest BCUT2D eigenvalue weighted by Gasteiger charge is -2.08. The van der Waals surface area contributed by atoms with Crippen molar-refractivity contribution in [3.63, 3.8) is 0 Å². The molecule has 0 aliphatic heterocycles. The number of hydrogen-bond donors (Lipinski definition) is 1. The molecule has 2 aromatic carbocycles. The topological polar surface area (TPSA) is 35.2 Å². The van der Waals surface area contributed by atoms with Crippen molar-refractivity contribution in [1.29, 1.82) is 0 Å². The monoisotopic (exact) mass is 227 g/mol. The van der Waals surface area contributed by atoms with Crippen molar-refractivity contribution in [2.24, 2.45) is 5.73 Å². The first-order valence-electron chi connectivity index (χ1n) is 5.75. The first kappa shape index (κ1) is 11.7. The molecule has 0 aliphatic rings. The van der Waals surface area contributed by atoms with Crippen molar-refractivity contribution in [2.45, 2.75) is 19.9 Å². The van der Waals surface area contributed by atoms with Crippen LogP contribution in [-0.2, 0) is 0 Å². The molecule has 0 saturated carbocycles. The van der Waals surface area contributed by atoms with E-state index in [0.717, 1.165) is 17.1 Å². The normalized spacial score (nSPS) is 12.2. The molecular formula is C15H17NO. The average Bonchev–Trinajstić information content (AvgIpc) is 2.33. The van der Waals surface area contributed by atoms with Crippen LogP contribution in [0.5, 0.6) is 11.5 Å². The molecule has 17 heavy (non-hydrogen) atoms. The third kappa shape index (κ3) is 3.08. The summed E-state index contributed by atoms with van der Waals surface area (Å²) in [4.78, 5) is 0. The summed E-state index contributed by atoms with van der Waals surface area (Å²) in [5.74, 6) is 1.68. The van der Waals surface area contributed by atoms with Crippen molar-refractivity contribution in [3.05, 3.63) is 59.7 Å². The van der Waals surface area contributed by atoms with Crippen molar-refractivity contribution in [3.8, 4) is 11.5 Å². The van der Waals surface area contributed by atoms with E-state index in [9.17, 15) is 0 Å².